The van der Waals surface area contributed by atoms with Crippen molar-refractivity contribution in [1.82, 2.24) is 24.3 Å². The monoisotopic (exact) mass is 431 g/mol. The molecule has 0 bridgehead atoms. The van der Waals surface area contributed by atoms with Crippen LogP contribution >= 0.6 is 0 Å². The van der Waals surface area contributed by atoms with E-state index in [1.807, 2.05) is 36.8 Å². The number of rotatable bonds is 5. The van der Waals surface area contributed by atoms with E-state index in [1.165, 1.54) is 0 Å². The van der Waals surface area contributed by atoms with E-state index in [9.17, 15) is 4.79 Å². The number of pyridine rings is 1. The van der Waals surface area contributed by atoms with Crippen LogP contribution in [0.3, 0.4) is 0 Å². The molecule has 1 aliphatic heterocycles. The molecule has 1 aliphatic rings. The highest BCUT2D eigenvalue weighted by Crippen LogP contribution is 2.25. The average Bonchev–Trinajstić information content (AvgIpc) is 3.43. The van der Waals surface area contributed by atoms with Gasteiger partial charge in [0.15, 0.2) is 0 Å². The molecule has 4 heterocycles. The molecule has 4 aromatic rings. The molecular weight excluding hydrogens is 402 g/mol. The van der Waals surface area contributed by atoms with Crippen molar-refractivity contribution >= 4 is 34.3 Å². The second-order valence-electron chi connectivity index (χ2n) is 8.70. The van der Waals surface area contributed by atoms with Crippen molar-refractivity contribution in [2.45, 2.75) is 20.3 Å². The Kier molecular flexibility index (Phi) is 5.43. The number of carbonyl (C=O) groups excluding carboxylic acids is 1. The summed E-state index contributed by atoms with van der Waals surface area (Å²) in [6, 6.07) is 14.0. The molecular formula is C24H29N7O. The number of hydrogen-bond acceptors (Lipinski definition) is 5. The van der Waals surface area contributed by atoms with Crippen molar-refractivity contribution in [2.24, 2.45) is 5.92 Å². The minimum Gasteiger partial charge on any atom is -0.354 e. The molecule has 5 rings (SSSR count). The number of imidazole rings is 2. The Morgan fingerprint density at radius 2 is 1.81 bits per heavy atom. The van der Waals surface area contributed by atoms with Gasteiger partial charge in [-0.2, -0.15) is 0 Å². The van der Waals surface area contributed by atoms with Gasteiger partial charge in [-0.1, -0.05) is 32.0 Å². The largest absolute Gasteiger partial charge is 0.354 e. The molecule has 0 unspecified atom stereocenters. The van der Waals surface area contributed by atoms with Gasteiger partial charge in [0.25, 0.3) is 0 Å². The summed E-state index contributed by atoms with van der Waals surface area (Å²) in [5.41, 5.74) is 2.77. The van der Waals surface area contributed by atoms with Gasteiger partial charge in [0.05, 0.1) is 22.7 Å². The number of hydrogen-bond donors (Lipinski definition) is 1. The summed E-state index contributed by atoms with van der Waals surface area (Å²) < 4.78 is 3.86. The Labute approximate surface area is 187 Å². The fourth-order valence-corrected chi connectivity index (χ4v) is 4.30. The predicted octanol–water partition coefficient (Wildman–Crippen LogP) is 3.61. The van der Waals surface area contributed by atoms with Gasteiger partial charge in [0.1, 0.15) is 12.1 Å². The van der Waals surface area contributed by atoms with Crippen LogP contribution in [0.4, 0.5) is 16.6 Å². The SMILES string of the molecule is CC(C)CCNC(=O)n1c(N2CCN(c3cccc4cncn34)CC2)nc2ccccc21. The van der Waals surface area contributed by atoms with Crippen LogP contribution in [0.15, 0.2) is 55.0 Å². The normalized spacial score (nSPS) is 14.6. The third kappa shape index (κ3) is 3.77. The summed E-state index contributed by atoms with van der Waals surface area (Å²) in [5, 5.41) is 3.08. The predicted molar refractivity (Wildman–Crippen MR) is 128 cm³/mol. The van der Waals surface area contributed by atoms with Gasteiger partial charge < -0.3 is 15.1 Å². The quantitative estimate of drug-likeness (QED) is 0.523. The Morgan fingerprint density at radius 3 is 2.62 bits per heavy atom. The average molecular weight is 432 g/mol. The maximum Gasteiger partial charge on any atom is 0.328 e. The number of anilines is 2. The van der Waals surface area contributed by atoms with Crippen LogP contribution in [0.2, 0.25) is 0 Å². The molecule has 0 aliphatic carbocycles. The third-order valence-corrected chi connectivity index (χ3v) is 6.06. The molecule has 8 heteroatoms. The third-order valence-electron chi connectivity index (χ3n) is 6.06. The Bertz CT molecular complexity index is 1230. The highest BCUT2D eigenvalue weighted by atomic mass is 16.2. The van der Waals surface area contributed by atoms with Gasteiger partial charge in [-0.3, -0.25) is 4.40 Å². The Morgan fingerprint density at radius 1 is 1.03 bits per heavy atom. The van der Waals surface area contributed by atoms with Crippen molar-refractivity contribution in [3.63, 3.8) is 0 Å². The molecule has 0 spiro atoms. The van der Waals surface area contributed by atoms with Gasteiger partial charge >= 0.3 is 6.03 Å². The number of benzene rings is 1. The zero-order chi connectivity index (χ0) is 22.1. The number of piperazine rings is 1. The van der Waals surface area contributed by atoms with Gasteiger partial charge in [0.2, 0.25) is 5.95 Å². The Hall–Kier alpha value is -3.55. The van der Waals surface area contributed by atoms with E-state index < -0.39 is 0 Å². The Balaban J connectivity index is 1.38. The van der Waals surface area contributed by atoms with E-state index in [-0.39, 0.29) is 6.03 Å². The van der Waals surface area contributed by atoms with Crippen LogP contribution in [-0.4, -0.2) is 57.7 Å². The van der Waals surface area contributed by atoms with Gasteiger partial charge in [-0.25, -0.2) is 19.3 Å². The van der Waals surface area contributed by atoms with Crippen LogP contribution in [0.1, 0.15) is 20.3 Å². The second kappa shape index (κ2) is 8.53. The fraction of sp³-hybridized carbons (Fsp3) is 0.375. The maximum absolute atomic E-state index is 13.1. The molecule has 0 atom stereocenters. The molecule has 1 fully saturated rings. The summed E-state index contributed by atoms with van der Waals surface area (Å²) in [6.45, 7) is 8.24. The van der Waals surface area contributed by atoms with Crippen molar-refractivity contribution in [3.05, 3.63) is 55.0 Å². The molecule has 8 nitrogen and oxygen atoms in total. The number of nitrogens with one attached hydrogen (secondary N) is 1. The summed E-state index contributed by atoms with van der Waals surface area (Å²) in [7, 11) is 0. The van der Waals surface area contributed by atoms with Crippen LogP contribution in [0.5, 0.6) is 0 Å². The first-order valence-electron chi connectivity index (χ1n) is 11.3. The van der Waals surface area contributed by atoms with Gasteiger partial charge in [-0.15, -0.1) is 0 Å². The number of amides is 1. The summed E-state index contributed by atoms with van der Waals surface area (Å²) in [6.07, 6.45) is 4.68. The second-order valence-corrected chi connectivity index (χ2v) is 8.70. The molecule has 0 saturated carbocycles. The minimum atomic E-state index is -0.111. The van der Waals surface area contributed by atoms with Crippen LogP contribution in [0.25, 0.3) is 16.6 Å². The van der Waals surface area contributed by atoms with Crippen molar-refractivity contribution in [1.29, 1.82) is 0 Å². The molecule has 166 valence electrons. The van der Waals surface area contributed by atoms with E-state index in [2.05, 4.69) is 56.5 Å². The highest BCUT2D eigenvalue weighted by molar-refractivity contribution is 5.93. The smallest absolute Gasteiger partial charge is 0.328 e. The van der Waals surface area contributed by atoms with Gasteiger partial charge in [-0.05, 0) is 36.6 Å². The van der Waals surface area contributed by atoms with Crippen molar-refractivity contribution in [2.75, 3.05) is 42.5 Å². The lowest BCUT2D eigenvalue weighted by atomic mass is 10.1. The molecule has 0 radical (unpaired) electrons. The lowest BCUT2D eigenvalue weighted by molar-refractivity contribution is 0.242. The number of aromatic nitrogens is 4. The first-order valence-corrected chi connectivity index (χ1v) is 11.3. The zero-order valence-corrected chi connectivity index (χ0v) is 18.6. The fourth-order valence-electron chi connectivity index (χ4n) is 4.30. The summed E-state index contributed by atoms with van der Waals surface area (Å²) in [5.74, 6) is 2.40. The first kappa shape index (κ1) is 20.4. The molecule has 3 aromatic heterocycles. The van der Waals surface area contributed by atoms with Gasteiger partial charge in [0, 0.05) is 32.7 Å². The molecule has 1 aromatic carbocycles. The number of para-hydroxylation sites is 2. The topological polar surface area (TPSA) is 70.7 Å². The van der Waals surface area contributed by atoms with E-state index in [1.54, 1.807) is 4.57 Å². The van der Waals surface area contributed by atoms with Crippen LogP contribution in [-0.2, 0) is 0 Å². The molecule has 32 heavy (non-hydrogen) atoms. The standard InChI is InChI=1S/C24H29N7O/c1-18(2)10-11-26-24(32)31-21-8-4-3-7-20(21)27-23(31)29-14-12-28(13-15-29)22-9-5-6-19-16-25-17-30(19)22/h3-9,16-18H,10-15H2,1-2H3,(H,26,32). The van der Waals surface area contributed by atoms with E-state index in [4.69, 9.17) is 4.98 Å². The molecule has 1 amide bonds. The van der Waals surface area contributed by atoms with Crippen LogP contribution < -0.4 is 15.1 Å². The van der Waals surface area contributed by atoms with E-state index in [0.717, 1.165) is 55.0 Å². The zero-order valence-electron chi connectivity index (χ0n) is 18.6. The number of nitrogens with zero attached hydrogens (tertiary/aromatic N) is 6. The van der Waals surface area contributed by atoms with Crippen LogP contribution in [0, 0.1) is 5.92 Å². The molecule has 1 saturated heterocycles. The lowest BCUT2D eigenvalue weighted by Gasteiger charge is -2.36. The molecule has 1 N–H and O–H groups in total. The van der Waals surface area contributed by atoms with E-state index >= 15 is 0 Å². The first-order chi connectivity index (χ1) is 15.6. The lowest BCUT2D eigenvalue weighted by Crippen LogP contribution is -2.48. The maximum atomic E-state index is 13.1. The summed E-state index contributed by atoms with van der Waals surface area (Å²) >= 11 is 0. The van der Waals surface area contributed by atoms with Crippen molar-refractivity contribution in [3.8, 4) is 0 Å². The summed E-state index contributed by atoms with van der Waals surface area (Å²) in [4.78, 5) is 26.8. The number of fused-ring (bicyclic) bond motifs is 2. The minimum absolute atomic E-state index is 0.111. The highest BCUT2D eigenvalue weighted by Gasteiger charge is 2.25. The number of carbonyl (C=O) groups is 1. The van der Waals surface area contributed by atoms with Crippen molar-refractivity contribution < 1.29 is 4.79 Å². The van der Waals surface area contributed by atoms with E-state index in [0.29, 0.717) is 18.4 Å².